The predicted octanol–water partition coefficient (Wildman–Crippen LogP) is 7.79. The molecule has 0 radical (unpaired) electrons. The Labute approximate surface area is 211 Å². The van der Waals surface area contributed by atoms with Crippen molar-refractivity contribution in [3.8, 4) is 5.88 Å². The van der Waals surface area contributed by atoms with E-state index in [4.69, 9.17) is 4.74 Å². The molecule has 0 unspecified atom stereocenters. The molecule has 1 aliphatic rings. The Morgan fingerprint density at radius 3 is 2.42 bits per heavy atom. The Bertz CT molecular complexity index is 1060. The molecule has 1 saturated heterocycles. The number of rotatable bonds is 7. The number of ether oxygens (including phenoxy) is 1. The first-order chi connectivity index (χ1) is 17.0. The number of hydrogen-bond donors (Lipinski definition) is 1. The van der Waals surface area contributed by atoms with Crippen LogP contribution in [-0.2, 0) is 0 Å². The minimum absolute atomic E-state index is 0.000323. The van der Waals surface area contributed by atoms with Gasteiger partial charge in [-0.2, -0.15) is 13.2 Å². The van der Waals surface area contributed by atoms with Crippen molar-refractivity contribution in [2.45, 2.75) is 66.0 Å². The molecule has 8 heteroatoms. The van der Waals surface area contributed by atoms with Gasteiger partial charge in [0, 0.05) is 43.2 Å². The van der Waals surface area contributed by atoms with E-state index in [1.54, 1.807) is 13.1 Å². The molecule has 36 heavy (non-hydrogen) atoms. The number of alkyl halides is 3. The van der Waals surface area contributed by atoms with Crippen molar-refractivity contribution in [2.24, 2.45) is 0 Å². The van der Waals surface area contributed by atoms with Crippen molar-refractivity contribution in [1.82, 2.24) is 9.88 Å². The minimum Gasteiger partial charge on any atom is -0.482 e. The summed E-state index contributed by atoms with van der Waals surface area (Å²) >= 11 is 0. The van der Waals surface area contributed by atoms with Crippen molar-refractivity contribution < 1.29 is 22.3 Å². The molecular weight excluding hydrogens is 472 g/mol. The summed E-state index contributed by atoms with van der Waals surface area (Å²) in [4.78, 5) is 15.4. The van der Waals surface area contributed by atoms with Crippen molar-refractivity contribution >= 4 is 0 Å². The van der Waals surface area contributed by atoms with Crippen molar-refractivity contribution in [3.05, 3.63) is 86.7 Å². The standard InChI is InChI=1S/C22H31F4N.C6H7NO2/c1-6-11-17(22(24,25)26)14-20(21(23)8-3)19(16(4)7-2)15-18-12-9-10-13-27(18)5;1-9-6-4-5(8)2-3-7-6/h8,11,14-15H,6-7,9-10,12-13H2,1-5H3;2-4H,1H3,(H,7,8)/b17-11-,18-15-,19-16?,20-14-,21-8+;. The average Bonchev–Trinajstić information content (AvgIpc) is 2.85. The number of halogens is 4. The summed E-state index contributed by atoms with van der Waals surface area (Å²) in [6.07, 6.45) is 5.99. The molecule has 4 nitrogen and oxygen atoms in total. The number of hydrogen-bond acceptors (Lipinski definition) is 3. The van der Waals surface area contributed by atoms with Crippen LogP contribution < -0.4 is 10.2 Å². The first kappa shape index (κ1) is 31.0. The molecule has 1 N–H and O–H groups in total. The SMILES string of the molecule is COc1cc(=O)cc[nH]1.C\C=C(F)/C(=C\C(=C\CC)C(F)(F)F)C(/C=C1/CCCCN1C)=C(C)CC. The van der Waals surface area contributed by atoms with Gasteiger partial charge in [-0.25, -0.2) is 4.39 Å². The number of aromatic nitrogens is 1. The molecule has 0 aromatic carbocycles. The van der Waals surface area contributed by atoms with Crippen LogP contribution >= 0.6 is 0 Å². The monoisotopic (exact) mass is 510 g/mol. The van der Waals surface area contributed by atoms with E-state index in [9.17, 15) is 22.4 Å². The van der Waals surface area contributed by atoms with E-state index in [2.05, 4.69) is 9.88 Å². The number of piperidine rings is 1. The predicted molar refractivity (Wildman–Crippen MR) is 139 cm³/mol. The summed E-state index contributed by atoms with van der Waals surface area (Å²) in [5.74, 6) is -0.151. The topological polar surface area (TPSA) is 45.3 Å². The van der Waals surface area contributed by atoms with Gasteiger partial charge in [0.2, 0.25) is 0 Å². The van der Waals surface area contributed by atoms with Gasteiger partial charge < -0.3 is 14.6 Å². The molecular formula is C28H38F4N2O2. The second-order valence-electron chi connectivity index (χ2n) is 8.41. The lowest BCUT2D eigenvalue weighted by molar-refractivity contribution is -0.0884. The minimum atomic E-state index is -4.52. The molecule has 2 rings (SSSR count). The fourth-order valence-electron chi connectivity index (χ4n) is 3.57. The van der Waals surface area contributed by atoms with Crippen LogP contribution in [0.3, 0.4) is 0 Å². The van der Waals surface area contributed by atoms with Gasteiger partial charge in [-0.15, -0.1) is 0 Å². The summed E-state index contributed by atoms with van der Waals surface area (Å²) in [5, 5.41) is 0. The molecule has 0 atom stereocenters. The number of nitrogens with one attached hydrogen (secondary N) is 1. The second-order valence-corrected chi connectivity index (χ2v) is 8.41. The molecule has 1 aliphatic heterocycles. The third kappa shape index (κ3) is 9.91. The molecule has 0 amide bonds. The lowest BCUT2D eigenvalue weighted by atomic mass is 9.93. The van der Waals surface area contributed by atoms with Crippen LogP contribution in [0.15, 0.2) is 81.2 Å². The Balaban J connectivity index is 0.000000600. The van der Waals surface area contributed by atoms with Crippen LogP contribution in [-0.4, -0.2) is 36.8 Å². The number of nitrogens with zero attached hydrogens (tertiary/aromatic N) is 1. The quantitative estimate of drug-likeness (QED) is 0.301. The lowest BCUT2D eigenvalue weighted by Crippen LogP contribution is -2.23. The zero-order valence-electron chi connectivity index (χ0n) is 22.1. The van der Waals surface area contributed by atoms with E-state index in [1.807, 2.05) is 27.0 Å². The molecule has 0 aliphatic carbocycles. The van der Waals surface area contributed by atoms with Crippen LogP contribution in [0, 0.1) is 0 Å². The largest absolute Gasteiger partial charge is 0.482 e. The Morgan fingerprint density at radius 1 is 1.25 bits per heavy atom. The Hall–Kier alpha value is -3.03. The van der Waals surface area contributed by atoms with Crippen molar-refractivity contribution in [2.75, 3.05) is 20.7 Å². The summed E-state index contributed by atoms with van der Waals surface area (Å²) in [5.41, 5.74) is 1.58. The Morgan fingerprint density at radius 2 is 1.94 bits per heavy atom. The first-order valence-electron chi connectivity index (χ1n) is 12.1. The van der Waals surface area contributed by atoms with Crippen molar-refractivity contribution in [3.63, 3.8) is 0 Å². The maximum Gasteiger partial charge on any atom is 0.416 e. The number of likely N-dealkylation sites (tertiary alicyclic amines) is 1. The van der Waals surface area contributed by atoms with Gasteiger partial charge in [0.05, 0.1) is 12.7 Å². The number of allylic oxidation sites excluding steroid dienone is 10. The fourth-order valence-corrected chi connectivity index (χ4v) is 3.57. The number of H-pyrrole nitrogens is 1. The summed E-state index contributed by atoms with van der Waals surface area (Å²) in [6, 6.07) is 2.82. The highest BCUT2D eigenvalue weighted by molar-refractivity contribution is 5.55. The van der Waals surface area contributed by atoms with E-state index in [0.717, 1.165) is 49.2 Å². The molecule has 200 valence electrons. The molecule has 1 aromatic heterocycles. The average molecular weight is 511 g/mol. The van der Waals surface area contributed by atoms with Gasteiger partial charge in [-0.05, 0) is 63.7 Å². The first-order valence-corrected chi connectivity index (χ1v) is 12.1. The highest BCUT2D eigenvalue weighted by Gasteiger charge is 2.32. The van der Waals surface area contributed by atoms with E-state index in [1.165, 1.54) is 32.2 Å². The molecule has 0 bridgehead atoms. The van der Waals surface area contributed by atoms with Gasteiger partial charge >= 0.3 is 6.18 Å². The Kier molecular flexibility index (Phi) is 13.1. The fraction of sp³-hybridized carbons (Fsp3) is 0.464. The zero-order valence-corrected chi connectivity index (χ0v) is 22.1. The zero-order chi connectivity index (χ0) is 27.3. The van der Waals surface area contributed by atoms with Crippen LogP contribution in [0.1, 0.15) is 59.8 Å². The van der Waals surface area contributed by atoms with Crippen molar-refractivity contribution in [1.29, 1.82) is 0 Å². The second kappa shape index (κ2) is 15.2. The maximum absolute atomic E-state index is 14.7. The smallest absolute Gasteiger partial charge is 0.416 e. The summed E-state index contributed by atoms with van der Waals surface area (Å²) in [7, 11) is 3.47. The highest BCUT2D eigenvalue weighted by atomic mass is 19.4. The van der Waals surface area contributed by atoms with Crippen LogP contribution in [0.25, 0.3) is 0 Å². The van der Waals surface area contributed by atoms with Gasteiger partial charge in [0.1, 0.15) is 5.83 Å². The molecule has 1 aromatic rings. The number of pyridine rings is 1. The van der Waals surface area contributed by atoms with E-state index in [-0.39, 0.29) is 17.4 Å². The highest BCUT2D eigenvalue weighted by Crippen LogP contribution is 2.34. The van der Waals surface area contributed by atoms with Gasteiger partial charge in [0.25, 0.3) is 0 Å². The van der Waals surface area contributed by atoms with Gasteiger partial charge in [0.15, 0.2) is 11.3 Å². The van der Waals surface area contributed by atoms with Crippen LogP contribution in [0.2, 0.25) is 0 Å². The molecule has 0 saturated carbocycles. The third-order valence-electron chi connectivity index (χ3n) is 5.79. The summed E-state index contributed by atoms with van der Waals surface area (Å²) in [6.45, 7) is 7.81. The van der Waals surface area contributed by atoms with E-state index < -0.39 is 17.6 Å². The number of methoxy groups -OCH3 is 1. The molecule has 1 fully saturated rings. The van der Waals surface area contributed by atoms with Crippen LogP contribution in [0.5, 0.6) is 5.88 Å². The van der Waals surface area contributed by atoms with Gasteiger partial charge in [-0.1, -0.05) is 31.6 Å². The summed E-state index contributed by atoms with van der Waals surface area (Å²) < 4.78 is 59.7. The van der Waals surface area contributed by atoms with E-state index in [0.29, 0.717) is 17.9 Å². The van der Waals surface area contributed by atoms with Gasteiger partial charge in [-0.3, -0.25) is 4.79 Å². The maximum atomic E-state index is 14.7. The number of aromatic amines is 1. The molecule has 0 spiro atoms. The van der Waals surface area contributed by atoms with Crippen LogP contribution in [0.4, 0.5) is 17.6 Å². The molecule has 2 heterocycles. The normalized spacial score (nSPS) is 17.4. The third-order valence-corrected chi connectivity index (χ3v) is 5.79. The van der Waals surface area contributed by atoms with E-state index >= 15 is 0 Å². The lowest BCUT2D eigenvalue weighted by Gasteiger charge is -2.28.